The molecule has 30 heavy (non-hydrogen) atoms. The standard InChI is InChI=1S/C22H22O8/c1-8-22(28)13(30-9(2)23)7-12(29-8)14-17(22)21(27)16-15(20(14)26)18(24)10-5-3-4-6-11(10)19(16)25/h8,12-13,26-28H,3-7H2,1-2H3/t8-,12-,13-,22-/m1/s1. The number of aliphatic hydroxyl groups is 1. The van der Waals surface area contributed by atoms with E-state index in [1.165, 1.54) is 6.92 Å². The summed E-state index contributed by atoms with van der Waals surface area (Å²) < 4.78 is 11.1. The molecule has 8 nitrogen and oxygen atoms in total. The van der Waals surface area contributed by atoms with Gasteiger partial charge in [-0.05, 0) is 32.6 Å². The Balaban J connectivity index is 1.79. The normalized spacial score (nSPS) is 31.9. The van der Waals surface area contributed by atoms with Crippen molar-refractivity contribution in [3.8, 4) is 11.5 Å². The molecule has 2 bridgehead atoms. The number of esters is 1. The highest BCUT2D eigenvalue weighted by atomic mass is 16.6. The molecule has 3 N–H and O–H groups in total. The first-order valence-electron chi connectivity index (χ1n) is 10.2. The predicted molar refractivity (Wildman–Crippen MR) is 101 cm³/mol. The van der Waals surface area contributed by atoms with Crippen LogP contribution in [-0.4, -0.2) is 45.1 Å². The minimum absolute atomic E-state index is 0.0509. The van der Waals surface area contributed by atoms with Gasteiger partial charge in [-0.1, -0.05) is 0 Å². The lowest BCUT2D eigenvalue weighted by Crippen LogP contribution is -2.59. The number of Topliss-reactive ketones (excluding diaryl/α,β-unsaturated/α-hetero) is 2. The smallest absolute Gasteiger partial charge is 0.303 e. The van der Waals surface area contributed by atoms with E-state index in [4.69, 9.17) is 9.47 Å². The molecular formula is C22H22O8. The molecule has 5 aliphatic rings. The fraction of sp³-hybridized carbons (Fsp3) is 0.500. The molecule has 0 radical (unpaired) electrons. The maximum absolute atomic E-state index is 13.2. The Kier molecular flexibility index (Phi) is 3.95. The first-order chi connectivity index (χ1) is 14.2. The molecule has 0 saturated carbocycles. The summed E-state index contributed by atoms with van der Waals surface area (Å²) in [6, 6.07) is 0. The number of carbonyl (C=O) groups is 3. The fourth-order valence-corrected chi connectivity index (χ4v) is 5.54. The molecule has 1 fully saturated rings. The number of ether oxygens (including phenoxy) is 2. The minimum atomic E-state index is -1.98. The lowest BCUT2D eigenvalue weighted by molar-refractivity contribution is -0.253. The molecule has 1 saturated heterocycles. The lowest BCUT2D eigenvalue weighted by atomic mass is 9.66. The number of hydrogen-bond acceptors (Lipinski definition) is 8. The highest BCUT2D eigenvalue weighted by Crippen LogP contribution is 2.60. The van der Waals surface area contributed by atoms with Crippen molar-refractivity contribution >= 4 is 17.5 Å². The number of aromatic hydroxyl groups is 2. The maximum atomic E-state index is 13.2. The van der Waals surface area contributed by atoms with E-state index in [-0.39, 0.29) is 28.7 Å². The number of fused-ring (bicyclic) bond motifs is 3. The number of benzene rings is 1. The first kappa shape index (κ1) is 19.3. The molecule has 0 amide bonds. The van der Waals surface area contributed by atoms with Gasteiger partial charge in [0.2, 0.25) is 0 Å². The SMILES string of the molecule is CC(=O)O[C@@H]1C[C@H]2O[C@H](C)[C@]1(O)c1c(O)c3c(c(O)c12)C(=O)C1=C(CCCC1)C3=O. The van der Waals surface area contributed by atoms with Crippen molar-refractivity contribution in [2.24, 2.45) is 0 Å². The highest BCUT2D eigenvalue weighted by Gasteiger charge is 2.61. The molecule has 0 aromatic heterocycles. The quantitative estimate of drug-likeness (QED) is 0.471. The average Bonchev–Trinajstić information content (AvgIpc) is 2.69. The molecule has 8 heteroatoms. The Labute approximate surface area is 172 Å². The van der Waals surface area contributed by atoms with E-state index in [1.54, 1.807) is 6.92 Å². The molecule has 6 rings (SSSR count). The van der Waals surface area contributed by atoms with Crippen LogP contribution < -0.4 is 0 Å². The van der Waals surface area contributed by atoms with Crippen LogP contribution in [0.15, 0.2) is 11.1 Å². The molecular weight excluding hydrogens is 392 g/mol. The summed E-state index contributed by atoms with van der Waals surface area (Å²) in [5.74, 6) is -2.58. The Hall–Kier alpha value is -2.71. The molecule has 2 heterocycles. The second-order valence-electron chi connectivity index (χ2n) is 8.48. The third-order valence-corrected chi connectivity index (χ3v) is 6.89. The number of phenolic OH excluding ortho intramolecular Hbond substituents is 2. The number of phenols is 2. The van der Waals surface area contributed by atoms with Crippen LogP contribution >= 0.6 is 0 Å². The zero-order valence-electron chi connectivity index (χ0n) is 16.7. The first-order valence-corrected chi connectivity index (χ1v) is 10.2. The summed E-state index contributed by atoms with van der Waals surface area (Å²) in [7, 11) is 0. The van der Waals surface area contributed by atoms with Crippen LogP contribution in [0.4, 0.5) is 0 Å². The Morgan fingerprint density at radius 2 is 1.63 bits per heavy atom. The number of carbonyl (C=O) groups excluding carboxylic acids is 3. The topological polar surface area (TPSA) is 130 Å². The lowest BCUT2D eigenvalue weighted by Gasteiger charge is -2.52. The van der Waals surface area contributed by atoms with E-state index < -0.39 is 52.9 Å². The average molecular weight is 414 g/mol. The van der Waals surface area contributed by atoms with Gasteiger partial charge in [0.05, 0.1) is 23.3 Å². The third-order valence-electron chi connectivity index (χ3n) is 6.89. The summed E-state index contributed by atoms with van der Waals surface area (Å²) in [5.41, 5.74) is -1.75. The number of ketones is 2. The number of allylic oxidation sites excluding steroid dienone is 2. The van der Waals surface area contributed by atoms with E-state index >= 15 is 0 Å². The highest BCUT2D eigenvalue weighted by molar-refractivity contribution is 6.29. The van der Waals surface area contributed by atoms with Crippen molar-refractivity contribution < 1.29 is 39.2 Å². The zero-order valence-corrected chi connectivity index (χ0v) is 16.7. The van der Waals surface area contributed by atoms with Crippen LogP contribution in [0.25, 0.3) is 0 Å². The van der Waals surface area contributed by atoms with Crippen LogP contribution in [0.5, 0.6) is 11.5 Å². The van der Waals surface area contributed by atoms with Gasteiger partial charge in [-0.3, -0.25) is 14.4 Å². The molecule has 1 aromatic rings. The van der Waals surface area contributed by atoms with Crippen LogP contribution in [0.3, 0.4) is 0 Å². The van der Waals surface area contributed by atoms with Gasteiger partial charge < -0.3 is 24.8 Å². The van der Waals surface area contributed by atoms with Crippen LogP contribution in [0, 0.1) is 0 Å². The molecule has 158 valence electrons. The predicted octanol–water partition coefficient (Wildman–Crippen LogP) is 2.33. The fourth-order valence-electron chi connectivity index (χ4n) is 5.54. The summed E-state index contributed by atoms with van der Waals surface area (Å²) >= 11 is 0. The van der Waals surface area contributed by atoms with Crippen molar-refractivity contribution in [3.05, 3.63) is 33.4 Å². The summed E-state index contributed by atoms with van der Waals surface area (Å²) in [6.45, 7) is 2.78. The molecule has 4 atom stereocenters. The van der Waals surface area contributed by atoms with E-state index in [2.05, 4.69) is 0 Å². The van der Waals surface area contributed by atoms with E-state index in [1.807, 2.05) is 0 Å². The summed E-state index contributed by atoms with van der Waals surface area (Å²) in [4.78, 5) is 38.0. The monoisotopic (exact) mass is 414 g/mol. The molecule has 2 aliphatic heterocycles. The van der Waals surface area contributed by atoms with Crippen molar-refractivity contribution in [1.82, 2.24) is 0 Å². The number of rotatable bonds is 1. The van der Waals surface area contributed by atoms with Gasteiger partial charge in [0.1, 0.15) is 17.6 Å². The van der Waals surface area contributed by atoms with Gasteiger partial charge in [0.15, 0.2) is 17.2 Å². The van der Waals surface area contributed by atoms with E-state index in [0.717, 1.165) is 12.8 Å². The molecule has 3 aliphatic carbocycles. The largest absolute Gasteiger partial charge is 0.507 e. The summed E-state index contributed by atoms with van der Waals surface area (Å²) in [6.07, 6.45) is -0.253. The Morgan fingerprint density at radius 3 is 2.20 bits per heavy atom. The van der Waals surface area contributed by atoms with Crippen molar-refractivity contribution in [2.45, 2.75) is 69.9 Å². The van der Waals surface area contributed by atoms with Gasteiger partial charge in [-0.15, -0.1) is 0 Å². The second-order valence-corrected chi connectivity index (χ2v) is 8.48. The molecule has 0 spiro atoms. The van der Waals surface area contributed by atoms with Crippen molar-refractivity contribution in [3.63, 3.8) is 0 Å². The van der Waals surface area contributed by atoms with Crippen molar-refractivity contribution in [2.75, 3.05) is 0 Å². The Morgan fingerprint density at radius 1 is 1.07 bits per heavy atom. The Bertz CT molecular complexity index is 1070. The maximum Gasteiger partial charge on any atom is 0.303 e. The van der Waals surface area contributed by atoms with Gasteiger partial charge >= 0.3 is 5.97 Å². The van der Waals surface area contributed by atoms with E-state index in [0.29, 0.717) is 24.0 Å². The van der Waals surface area contributed by atoms with Crippen LogP contribution in [0.1, 0.15) is 83.9 Å². The van der Waals surface area contributed by atoms with Crippen molar-refractivity contribution in [1.29, 1.82) is 0 Å². The third kappa shape index (κ3) is 2.20. The minimum Gasteiger partial charge on any atom is -0.507 e. The zero-order chi connectivity index (χ0) is 21.5. The van der Waals surface area contributed by atoms with Crippen LogP contribution in [-0.2, 0) is 19.9 Å². The molecule has 0 unspecified atom stereocenters. The van der Waals surface area contributed by atoms with Gasteiger partial charge in [0, 0.05) is 35.6 Å². The molecule has 1 aromatic carbocycles. The summed E-state index contributed by atoms with van der Waals surface area (Å²) in [5, 5.41) is 33.8. The van der Waals surface area contributed by atoms with Gasteiger partial charge in [-0.2, -0.15) is 0 Å². The number of hydrogen-bond donors (Lipinski definition) is 3. The van der Waals surface area contributed by atoms with Crippen LogP contribution in [0.2, 0.25) is 0 Å². The van der Waals surface area contributed by atoms with Gasteiger partial charge in [-0.25, -0.2) is 0 Å². The second kappa shape index (κ2) is 6.15. The van der Waals surface area contributed by atoms with Gasteiger partial charge in [0.25, 0.3) is 0 Å². The van der Waals surface area contributed by atoms with E-state index in [9.17, 15) is 29.7 Å².